The van der Waals surface area contributed by atoms with Crippen molar-refractivity contribution < 1.29 is 0 Å². The summed E-state index contributed by atoms with van der Waals surface area (Å²) in [7, 11) is 0. The van der Waals surface area contributed by atoms with E-state index in [1.165, 1.54) is 11.1 Å². The van der Waals surface area contributed by atoms with Crippen molar-refractivity contribution in [2.75, 3.05) is 6.54 Å². The van der Waals surface area contributed by atoms with E-state index in [2.05, 4.69) is 36.5 Å². The van der Waals surface area contributed by atoms with E-state index in [1.54, 1.807) is 0 Å². The van der Waals surface area contributed by atoms with E-state index in [9.17, 15) is 0 Å². The minimum atomic E-state index is 0.292. The highest BCUT2D eigenvalue weighted by molar-refractivity contribution is 5.20. The number of rotatable bonds is 5. The summed E-state index contributed by atoms with van der Waals surface area (Å²) < 4.78 is 0. The summed E-state index contributed by atoms with van der Waals surface area (Å²) in [6.45, 7) is 6.07. The molecule has 0 saturated heterocycles. The van der Waals surface area contributed by atoms with Crippen LogP contribution in [0.25, 0.3) is 0 Å². The predicted octanol–water partition coefficient (Wildman–Crippen LogP) is 1.82. The number of aryl methyl sites for hydroxylation is 1. The van der Waals surface area contributed by atoms with Gasteiger partial charge in [0.25, 0.3) is 0 Å². The van der Waals surface area contributed by atoms with Crippen molar-refractivity contribution in [2.24, 2.45) is 5.73 Å². The molecule has 1 unspecified atom stereocenters. The average molecular weight is 192 g/mol. The maximum absolute atomic E-state index is 5.65. The first-order chi connectivity index (χ1) is 6.68. The van der Waals surface area contributed by atoms with Gasteiger partial charge in [-0.1, -0.05) is 29.8 Å². The fourth-order valence-corrected chi connectivity index (χ4v) is 1.27. The lowest BCUT2D eigenvalue weighted by atomic mass is 10.1. The first kappa shape index (κ1) is 11.2. The SMILES string of the molecule is Cc1ccc(CNCCC(C)N)cc1. The van der Waals surface area contributed by atoms with Crippen LogP contribution in [0.1, 0.15) is 24.5 Å². The molecule has 0 bridgehead atoms. The van der Waals surface area contributed by atoms with Crippen LogP contribution >= 0.6 is 0 Å². The van der Waals surface area contributed by atoms with E-state index in [0.717, 1.165) is 19.5 Å². The molecule has 78 valence electrons. The van der Waals surface area contributed by atoms with E-state index in [-0.39, 0.29) is 0 Å². The van der Waals surface area contributed by atoms with Crippen molar-refractivity contribution in [3.63, 3.8) is 0 Å². The Hall–Kier alpha value is -0.860. The molecule has 0 aromatic heterocycles. The smallest absolute Gasteiger partial charge is 0.0205 e. The summed E-state index contributed by atoms with van der Waals surface area (Å²) >= 11 is 0. The molecule has 0 amide bonds. The highest BCUT2D eigenvalue weighted by Gasteiger charge is 1.94. The summed E-state index contributed by atoms with van der Waals surface area (Å²) in [5.41, 5.74) is 8.29. The zero-order valence-corrected chi connectivity index (χ0v) is 9.09. The number of nitrogens with two attached hydrogens (primary N) is 1. The third-order valence-electron chi connectivity index (χ3n) is 2.23. The molecule has 14 heavy (non-hydrogen) atoms. The highest BCUT2D eigenvalue weighted by atomic mass is 14.9. The zero-order chi connectivity index (χ0) is 10.4. The van der Waals surface area contributed by atoms with Gasteiger partial charge in [-0.05, 0) is 32.4 Å². The van der Waals surface area contributed by atoms with Gasteiger partial charge in [0.15, 0.2) is 0 Å². The minimum Gasteiger partial charge on any atom is -0.328 e. The second kappa shape index (κ2) is 5.78. The Balaban J connectivity index is 2.21. The molecule has 0 fully saturated rings. The summed E-state index contributed by atoms with van der Waals surface area (Å²) in [6.07, 6.45) is 1.03. The second-order valence-electron chi connectivity index (χ2n) is 3.93. The maximum Gasteiger partial charge on any atom is 0.0205 e. The van der Waals surface area contributed by atoms with Gasteiger partial charge >= 0.3 is 0 Å². The third kappa shape index (κ3) is 4.40. The van der Waals surface area contributed by atoms with Crippen LogP contribution in [-0.4, -0.2) is 12.6 Å². The van der Waals surface area contributed by atoms with E-state index < -0.39 is 0 Å². The van der Waals surface area contributed by atoms with Crippen molar-refractivity contribution in [1.82, 2.24) is 5.32 Å². The van der Waals surface area contributed by atoms with E-state index >= 15 is 0 Å². The van der Waals surface area contributed by atoms with E-state index in [4.69, 9.17) is 5.73 Å². The largest absolute Gasteiger partial charge is 0.328 e. The van der Waals surface area contributed by atoms with Crippen LogP contribution in [0.4, 0.5) is 0 Å². The number of nitrogens with one attached hydrogen (secondary N) is 1. The third-order valence-corrected chi connectivity index (χ3v) is 2.23. The lowest BCUT2D eigenvalue weighted by Gasteiger charge is -2.07. The normalized spacial score (nSPS) is 12.8. The first-order valence-corrected chi connectivity index (χ1v) is 5.20. The average Bonchev–Trinajstić information content (AvgIpc) is 2.15. The minimum absolute atomic E-state index is 0.292. The van der Waals surface area contributed by atoms with Gasteiger partial charge in [0.1, 0.15) is 0 Å². The maximum atomic E-state index is 5.65. The lowest BCUT2D eigenvalue weighted by molar-refractivity contribution is 0.589. The van der Waals surface area contributed by atoms with Crippen molar-refractivity contribution in [1.29, 1.82) is 0 Å². The molecule has 0 aliphatic heterocycles. The Bertz CT molecular complexity index is 252. The second-order valence-corrected chi connectivity index (χ2v) is 3.93. The summed E-state index contributed by atoms with van der Waals surface area (Å²) in [6, 6.07) is 8.90. The van der Waals surface area contributed by atoms with Crippen molar-refractivity contribution in [2.45, 2.75) is 32.9 Å². The fourth-order valence-electron chi connectivity index (χ4n) is 1.27. The van der Waals surface area contributed by atoms with Gasteiger partial charge in [0.2, 0.25) is 0 Å². The molecule has 0 aliphatic rings. The monoisotopic (exact) mass is 192 g/mol. The molecule has 0 heterocycles. The van der Waals surface area contributed by atoms with Gasteiger partial charge in [-0.25, -0.2) is 0 Å². The number of hydrogen-bond acceptors (Lipinski definition) is 2. The van der Waals surface area contributed by atoms with Crippen LogP contribution in [0.2, 0.25) is 0 Å². The summed E-state index contributed by atoms with van der Waals surface area (Å²) in [5.74, 6) is 0. The summed E-state index contributed by atoms with van der Waals surface area (Å²) in [5, 5.41) is 3.37. The molecule has 2 nitrogen and oxygen atoms in total. The molecular weight excluding hydrogens is 172 g/mol. The predicted molar refractivity (Wildman–Crippen MR) is 61.2 cm³/mol. The molecule has 0 aliphatic carbocycles. The molecule has 1 aromatic carbocycles. The van der Waals surface area contributed by atoms with Crippen LogP contribution in [0.5, 0.6) is 0 Å². The molecule has 3 N–H and O–H groups in total. The molecule has 1 atom stereocenters. The van der Waals surface area contributed by atoms with Gasteiger partial charge in [-0.2, -0.15) is 0 Å². The molecule has 0 radical (unpaired) electrons. The zero-order valence-electron chi connectivity index (χ0n) is 9.09. The lowest BCUT2D eigenvalue weighted by Crippen LogP contribution is -2.23. The summed E-state index contributed by atoms with van der Waals surface area (Å²) in [4.78, 5) is 0. The molecule has 1 rings (SSSR count). The first-order valence-electron chi connectivity index (χ1n) is 5.20. The molecular formula is C12H20N2. The van der Waals surface area contributed by atoms with Gasteiger partial charge in [0, 0.05) is 12.6 Å². The Morgan fingerprint density at radius 3 is 2.50 bits per heavy atom. The Morgan fingerprint density at radius 2 is 1.93 bits per heavy atom. The van der Waals surface area contributed by atoms with Crippen LogP contribution in [-0.2, 0) is 6.54 Å². The topological polar surface area (TPSA) is 38.0 Å². The van der Waals surface area contributed by atoms with E-state index in [0.29, 0.717) is 6.04 Å². The van der Waals surface area contributed by atoms with Crippen molar-refractivity contribution in [3.05, 3.63) is 35.4 Å². The van der Waals surface area contributed by atoms with Crippen LogP contribution < -0.4 is 11.1 Å². The quantitative estimate of drug-likeness (QED) is 0.698. The van der Waals surface area contributed by atoms with Crippen LogP contribution in [0.15, 0.2) is 24.3 Å². The number of hydrogen-bond donors (Lipinski definition) is 2. The molecule has 2 heteroatoms. The van der Waals surface area contributed by atoms with Crippen molar-refractivity contribution in [3.8, 4) is 0 Å². The Labute approximate surface area is 86.5 Å². The van der Waals surface area contributed by atoms with Crippen LogP contribution in [0.3, 0.4) is 0 Å². The molecule has 0 spiro atoms. The molecule has 0 saturated carbocycles. The standard InChI is InChI=1S/C12H20N2/c1-10-3-5-12(6-4-10)9-14-8-7-11(2)13/h3-6,11,14H,7-9,13H2,1-2H3. The number of benzene rings is 1. The van der Waals surface area contributed by atoms with Gasteiger partial charge < -0.3 is 11.1 Å². The van der Waals surface area contributed by atoms with Gasteiger partial charge in [-0.3, -0.25) is 0 Å². The molecule has 1 aromatic rings. The highest BCUT2D eigenvalue weighted by Crippen LogP contribution is 2.02. The fraction of sp³-hybridized carbons (Fsp3) is 0.500. The Kier molecular flexibility index (Phi) is 4.63. The van der Waals surface area contributed by atoms with Crippen molar-refractivity contribution >= 4 is 0 Å². The van der Waals surface area contributed by atoms with Gasteiger partial charge in [0.05, 0.1) is 0 Å². The van der Waals surface area contributed by atoms with Gasteiger partial charge in [-0.15, -0.1) is 0 Å². The van der Waals surface area contributed by atoms with E-state index in [1.807, 2.05) is 6.92 Å². The van der Waals surface area contributed by atoms with Crippen LogP contribution in [0, 0.1) is 6.92 Å². The Morgan fingerprint density at radius 1 is 1.29 bits per heavy atom.